The molecule has 0 aliphatic carbocycles. The van der Waals surface area contributed by atoms with Gasteiger partial charge in [0, 0.05) is 13.2 Å². The Morgan fingerprint density at radius 3 is 1.62 bits per heavy atom. The summed E-state index contributed by atoms with van der Waals surface area (Å²) >= 11 is 0. The van der Waals surface area contributed by atoms with E-state index in [0.717, 1.165) is 13.0 Å². The molecule has 0 bridgehead atoms. The molecule has 218 valence electrons. The summed E-state index contributed by atoms with van der Waals surface area (Å²) in [7, 11) is -6.03. The minimum Gasteiger partial charge on any atom is -0.550 e. The van der Waals surface area contributed by atoms with Crippen LogP contribution in [0.5, 0.6) is 0 Å². The summed E-state index contributed by atoms with van der Waals surface area (Å²) in [4.78, 5) is 0. The Balaban J connectivity index is 2.36. The second kappa shape index (κ2) is 13.5. The lowest BCUT2D eigenvalue weighted by atomic mass is 9.92. The van der Waals surface area contributed by atoms with Gasteiger partial charge in [0.05, 0.1) is 6.26 Å². The van der Waals surface area contributed by atoms with Crippen molar-refractivity contribution in [1.29, 1.82) is 0 Å². The molecule has 0 aliphatic heterocycles. The van der Waals surface area contributed by atoms with E-state index >= 15 is 0 Å². The molecular weight excluding hydrogens is 529 g/mol. The molecule has 2 aromatic carbocycles. The number of rotatable bonds is 13. The Bertz CT molecular complexity index is 977. The first-order valence-electron chi connectivity index (χ1n) is 14.6. The van der Waals surface area contributed by atoms with Crippen molar-refractivity contribution in [2.24, 2.45) is 11.8 Å². The SMILES string of the molecule is C[C@H](/C=C/O[Si](C)(C)C)[C@H](CCO[Si](c1ccccc1)(c1ccccc1)C(C)(C)C)CO[Si](C)(C)C(C)(C)C. The van der Waals surface area contributed by atoms with E-state index in [0.29, 0.717) is 18.4 Å². The van der Waals surface area contributed by atoms with Gasteiger partial charge in [-0.1, -0.05) is 109 Å². The Morgan fingerprint density at radius 1 is 0.718 bits per heavy atom. The van der Waals surface area contributed by atoms with E-state index < -0.39 is 25.0 Å². The Hall–Kier alpha value is -1.45. The first kappa shape index (κ1) is 33.8. The lowest BCUT2D eigenvalue weighted by molar-refractivity contribution is 0.166. The summed E-state index contributed by atoms with van der Waals surface area (Å²) in [6, 6.07) is 21.9. The molecule has 2 aromatic rings. The minimum atomic E-state index is -2.56. The van der Waals surface area contributed by atoms with Crippen LogP contribution in [-0.4, -0.2) is 38.2 Å². The second-order valence-corrected chi connectivity index (χ2v) is 28.1. The largest absolute Gasteiger partial charge is 0.550 e. The number of hydrogen-bond acceptors (Lipinski definition) is 3. The van der Waals surface area contributed by atoms with Crippen molar-refractivity contribution in [3.63, 3.8) is 0 Å². The average Bonchev–Trinajstić information content (AvgIpc) is 2.82. The van der Waals surface area contributed by atoms with Gasteiger partial charge in [0.1, 0.15) is 0 Å². The highest BCUT2D eigenvalue weighted by atomic mass is 28.4. The van der Waals surface area contributed by atoms with Crippen LogP contribution in [0.3, 0.4) is 0 Å². The minimum absolute atomic E-state index is 0.0282. The molecule has 0 saturated carbocycles. The standard InChI is InChI=1S/C33H56O3Si3/c1-28(23-25-34-37(8,9)10)29(27-36-38(11,12)32(2,3)4)24-26-35-39(33(5,6)7,30-19-15-13-16-20-30)31-21-17-14-18-22-31/h13-23,25,28-29H,24,26-27H2,1-12H3/b25-23+/t28-,29-/m1/s1. The van der Waals surface area contributed by atoms with E-state index in [1.807, 2.05) is 6.26 Å². The summed E-state index contributed by atoms with van der Waals surface area (Å²) in [5.41, 5.74) is 0. The highest BCUT2D eigenvalue weighted by Gasteiger charge is 2.50. The van der Waals surface area contributed by atoms with E-state index in [1.165, 1.54) is 10.4 Å². The Morgan fingerprint density at radius 2 is 1.21 bits per heavy atom. The molecule has 3 nitrogen and oxygen atoms in total. The van der Waals surface area contributed by atoms with Gasteiger partial charge in [-0.25, -0.2) is 0 Å². The maximum atomic E-state index is 7.25. The molecule has 6 heteroatoms. The molecule has 2 rings (SSSR count). The summed E-state index contributed by atoms with van der Waals surface area (Å²) in [6.45, 7) is 29.1. The fourth-order valence-electron chi connectivity index (χ4n) is 4.68. The molecule has 39 heavy (non-hydrogen) atoms. The molecule has 0 radical (unpaired) electrons. The van der Waals surface area contributed by atoms with Crippen LogP contribution in [0.25, 0.3) is 0 Å². The van der Waals surface area contributed by atoms with Gasteiger partial charge in [0.15, 0.2) is 8.32 Å². The molecule has 0 N–H and O–H groups in total. The summed E-state index contributed by atoms with van der Waals surface area (Å²) in [5.74, 6) is 0.674. The third kappa shape index (κ3) is 9.29. The zero-order valence-corrected chi connectivity index (χ0v) is 29.9. The molecular formula is C33H56O3Si3. The number of benzene rings is 2. The molecule has 2 atom stereocenters. The van der Waals surface area contributed by atoms with Crippen molar-refractivity contribution in [2.75, 3.05) is 13.2 Å². The maximum absolute atomic E-state index is 7.25. The third-order valence-electron chi connectivity index (χ3n) is 8.24. The van der Waals surface area contributed by atoms with Crippen molar-refractivity contribution < 1.29 is 13.3 Å². The van der Waals surface area contributed by atoms with Gasteiger partial charge in [-0.2, -0.15) is 0 Å². The van der Waals surface area contributed by atoms with Gasteiger partial charge in [-0.3, -0.25) is 0 Å². The Labute approximate surface area is 243 Å². The van der Waals surface area contributed by atoms with Crippen molar-refractivity contribution in [2.45, 2.75) is 97.7 Å². The predicted octanol–water partition coefficient (Wildman–Crippen LogP) is 8.59. The fourth-order valence-corrected chi connectivity index (χ4v) is 10.8. The maximum Gasteiger partial charge on any atom is 0.261 e. The monoisotopic (exact) mass is 584 g/mol. The van der Waals surface area contributed by atoms with Gasteiger partial charge in [-0.15, -0.1) is 0 Å². The highest BCUT2D eigenvalue weighted by Crippen LogP contribution is 2.39. The van der Waals surface area contributed by atoms with Gasteiger partial charge in [0.2, 0.25) is 8.32 Å². The van der Waals surface area contributed by atoms with Crippen molar-refractivity contribution >= 4 is 35.3 Å². The smallest absolute Gasteiger partial charge is 0.261 e. The predicted molar refractivity (Wildman–Crippen MR) is 178 cm³/mol. The molecule has 0 unspecified atom stereocenters. The van der Waals surface area contributed by atoms with E-state index in [2.05, 4.69) is 148 Å². The Kier molecular flexibility index (Phi) is 11.7. The average molecular weight is 585 g/mol. The molecule has 0 saturated heterocycles. The first-order chi connectivity index (χ1) is 17.9. The van der Waals surface area contributed by atoms with Crippen molar-refractivity contribution in [3.05, 3.63) is 73.0 Å². The zero-order chi connectivity index (χ0) is 29.5. The van der Waals surface area contributed by atoms with Crippen molar-refractivity contribution in [1.82, 2.24) is 0 Å². The summed E-state index contributed by atoms with van der Waals surface area (Å²) in [5, 5.41) is 2.81. The molecule has 0 heterocycles. The summed E-state index contributed by atoms with van der Waals surface area (Å²) < 4.78 is 20.1. The van der Waals surface area contributed by atoms with E-state index in [9.17, 15) is 0 Å². The van der Waals surface area contributed by atoms with Crippen LogP contribution in [0, 0.1) is 11.8 Å². The first-order valence-corrected chi connectivity index (χ1v) is 22.9. The van der Waals surface area contributed by atoms with E-state index in [1.54, 1.807) is 0 Å². The fraction of sp³-hybridized carbons (Fsp3) is 0.576. The second-order valence-electron chi connectivity index (χ2n) is 14.5. The van der Waals surface area contributed by atoms with Crippen molar-refractivity contribution in [3.8, 4) is 0 Å². The van der Waals surface area contributed by atoms with Crippen LogP contribution < -0.4 is 10.4 Å². The van der Waals surface area contributed by atoms with E-state index in [-0.39, 0.29) is 10.1 Å². The number of allylic oxidation sites excluding steroid dienone is 1. The van der Waals surface area contributed by atoms with Crippen LogP contribution in [0.1, 0.15) is 54.9 Å². The van der Waals surface area contributed by atoms with Gasteiger partial charge in [0.25, 0.3) is 8.32 Å². The zero-order valence-electron chi connectivity index (χ0n) is 26.9. The molecule has 0 fully saturated rings. The molecule has 0 aliphatic rings. The topological polar surface area (TPSA) is 27.7 Å². The normalized spacial score (nSPS) is 15.4. The quantitative estimate of drug-likeness (QED) is 0.174. The van der Waals surface area contributed by atoms with Crippen LogP contribution in [0.15, 0.2) is 73.0 Å². The lowest BCUT2D eigenvalue weighted by Crippen LogP contribution is -2.66. The number of hydrogen-bond donors (Lipinski definition) is 0. The molecule has 0 aromatic heterocycles. The molecule has 0 spiro atoms. The van der Waals surface area contributed by atoms with Gasteiger partial charge < -0.3 is 13.3 Å². The molecule has 0 amide bonds. The van der Waals surface area contributed by atoms with Crippen LogP contribution in [0.4, 0.5) is 0 Å². The highest BCUT2D eigenvalue weighted by molar-refractivity contribution is 6.99. The van der Waals surface area contributed by atoms with Gasteiger partial charge >= 0.3 is 0 Å². The van der Waals surface area contributed by atoms with Crippen LogP contribution >= 0.6 is 0 Å². The third-order valence-corrected chi connectivity index (χ3v) is 18.6. The van der Waals surface area contributed by atoms with E-state index in [4.69, 9.17) is 13.3 Å². The lowest BCUT2D eigenvalue weighted by Gasteiger charge is -2.43. The summed E-state index contributed by atoms with van der Waals surface area (Å²) in [6.07, 6.45) is 5.12. The van der Waals surface area contributed by atoms with Crippen LogP contribution in [-0.2, 0) is 13.3 Å². The van der Waals surface area contributed by atoms with Crippen LogP contribution in [0.2, 0.25) is 42.8 Å². The van der Waals surface area contributed by atoms with Gasteiger partial charge in [-0.05, 0) is 77.5 Å².